The maximum atomic E-state index is 13.6. The van der Waals surface area contributed by atoms with Crippen molar-refractivity contribution in [3.8, 4) is 16.9 Å². The number of hydrogen-bond donors (Lipinski definition) is 0. The summed E-state index contributed by atoms with van der Waals surface area (Å²) in [7, 11) is 0. The summed E-state index contributed by atoms with van der Waals surface area (Å²) in [6.07, 6.45) is 0.876. The zero-order valence-electron chi connectivity index (χ0n) is 26.8. The molecule has 0 saturated carbocycles. The van der Waals surface area contributed by atoms with Gasteiger partial charge in [-0.2, -0.15) is 0 Å². The number of para-hydroxylation sites is 1. The summed E-state index contributed by atoms with van der Waals surface area (Å²) in [6.45, 7) is 9.97. The molecule has 0 atom stereocenters. The van der Waals surface area contributed by atoms with Crippen LogP contribution in [0.2, 0.25) is 0 Å². The summed E-state index contributed by atoms with van der Waals surface area (Å²) < 4.78 is 13.0. The van der Waals surface area contributed by atoms with E-state index in [2.05, 4.69) is 23.6 Å². The van der Waals surface area contributed by atoms with E-state index < -0.39 is 11.8 Å². The molecule has 0 aliphatic carbocycles. The van der Waals surface area contributed by atoms with Gasteiger partial charge in [0.15, 0.2) is 5.65 Å². The summed E-state index contributed by atoms with van der Waals surface area (Å²) in [4.78, 5) is 39.4. The number of nitrogens with zero attached hydrogens (tertiary/aromatic N) is 5. The normalized spacial score (nSPS) is 13.7. The lowest BCUT2D eigenvalue weighted by atomic mass is 10.0. The SMILES string of the molecule is CCc1nc2ccc(N3CCCN(Cc4ccccc4)C3=O)nc2n1Cc1ccc(-c2ccccc2OC(=O)OC(C)(C)C)cc1. The number of carbonyl (C=O) groups is 2. The van der Waals surface area contributed by atoms with Crippen LogP contribution in [0.25, 0.3) is 22.3 Å². The number of rotatable bonds is 8. The van der Waals surface area contributed by atoms with E-state index in [4.69, 9.17) is 19.4 Å². The molecule has 9 nitrogen and oxygen atoms in total. The first-order valence-corrected chi connectivity index (χ1v) is 15.7. The Morgan fingerprint density at radius 2 is 1.54 bits per heavy atom. The van der Waals surface area contributed by atoms with Crippen LogP contribution in [0.1, 0.15) is 51.1 Å². The van der Waals surface area contributed by atoms with Crippen LogP contribution in [0.4, 0.5) is 15.4 Å². The molecule has 5 aromatic rings. The fourth-order valence-corrected chi connectivity index (χ4v) is 5.70. The van der Waals surface area contributed by atoms with E-state index in [1.54, 1.807) is 31.7 Å². The predicted octanol–water partition coefficient (Wildman–Crippen LogP) is 7.86. The van der Waals surface area contributed by atoms with Crippen LogP contribution in [-0.4, -0.2) is 50.3 Å². The molecule has 1 fully saturated rings. The Balaban J connectivity index is 1.23. The first-order valence-electron chi connectivity index (χ1n) is 15.7. The largest absolute Gasteiger partial charge is 0.514 e. The van der Waals surface area contributed by atoms with Crippen molar-refractivity contribution in [2.24, 2.45) is 0 Å². The molecule has 1 saturated heterocycles. The molecule has 2 amide bonds. The molecule has 6 rings (SSSR count). The number of pyridine rings is 1. The van der Waals surface area contributed by atoms with Crippen LogP contribution < -0.4 is 9.64 Å². The lowest BCUT2D eigenvalue weighted by Crippen LogP contribution is -2.49. The van der Waals surface area contributed by atoms with Gasteiger partial charge in [0, 0.05) is 31.6 Å². The van der Waals surface area contributed by atoms with E-state index in [9.17, 15) is 9.59 Å². The summed E-state index contributed by atoms with van der Waals surface area (Å²) in [6, 6.07) is 29.5. The molecule has 9 heteroatoms. The van der Waals surface area contributed by atoms with Crippen molar-refractivity contribution in [2.75, 3.05) is 18.0 Å². The third kappa shape index (κ3) is 6.88. The predicted molar refractivity (Wildman–Crippen MR) is 179 cm³/mol. The third-order valence-electron chi connectivity index (χ3n) is 7.85. The van der Waals surface area contributed by atoms with Gasteiger partial charge >= 0.3 is 12.2 Å². The average molecular weight is 618 g/mol. The molecule has 2 aromatic heterocycles. The highest BCUT2D eigenvalue weighted by Crippen LogP contribution is 2.31. The zero-order chi connectivity index (χ0) is 32.3. The van der Waals surface area contributed by atoms with E-state index in [1.165, 1.54) is 0 Å². The minimum absolute atomic E-state index is 0.0322. The van der Waals surface area contributed by atoms with Gasteiger partial charge in [-0.1, -0.05) is 79.7 Å². The van der Waals surface area contributed by atoms with Gasteiger partial charge in [0.1, 0.15) is 28.5 Å². The molecule has 46 heavy (non-hydrogen) atoms. The standard InChI is InChI=1S/C37H39N5O4/c1-5-32-38-30-20-21-33(41-23-11-22-40(35(41)43)24-26-12-7-6-8-13-26)39-34(30)42(32)25-27-16-18-28(19-17-27)29-14-9-10-15-31(29)45-36(44)46-37(2,3)4/h6-10,12-21H,5,11,22-25H2,1-4H3. The number of aromatic nitrogens is 3. The maximum Gasteiger partial charge on any atom is 0.514 e. The Morgan fingerprint density at radius 3 is 2.28 bits per heavy atom. The number of anilines is 1. The minimum Gasteiger partial charge on any atom is -0.428 e. The molecule has 236 valence electrons. The van der Waals surface area contributed by atoms with Crippen LogP contribution in [0.5, 0.6) is 5.75 Å². The van der Waals surface area contributed by atoms with Crippen molar-refractivity contribution in [1.29, 1.82) is 0 Å². The smallest absolute Gasteiger partial charge is 0.428 e. The molecule has 0 N–H and O–H groups in total. The monoisotopic (exact) mass is 617 g/mol. The van der Waals surface area contributed by atoms with E-state index >= 15 is 0 Å². The second-order valence-corrected chi connectivity index (χ2v) is 12.4. The van der Waals surface area contributed by atoms with Crippen molar-refractivity contribution in [3.63, 3.8) is 0 Å². The van der Waals surface area contributed by atoms with Crippen molar-refractivity contribution in [1.82, 2.24) is 19.4 Å². The van der Waals surface area contributed by atoms with Crippen LogP contribution in [0, 0.1) is 0 Å². The van der Waals surface area contributed by atoms with Crippen LogP contribution in [-0.2, 0) is 24.2 Å². The first kappa shape index (κ1) is 30.8. The fourth-order valence-electron chi connectivity index (χ4n) is 5.70. The van der Waals surface area contributed by atoms with Crippen LogP contribution in [0.3, 0.4) is 0 Å². The number of aryl methyl sites for hydroxylation is 1. The lowest BCUT2D eigenvalue weighted by Gasteiger charge is -2.35. The lowest BCUT2D eigenvalue weighted by molar-refractivity contribution is 0.0207. The van der Waals surface area contributed by atoms with Crippen molar-refractivity contribution in [3.05, 3.63) is 108 Å². The fraction of sp³-hybridized carbons (Fsp3) is 0.297. The number of fused-ring (bicyclic) bond motifs is 1. The number of ether oxygens (including phenoxy) is 2. The van der Waals surface area contributed by atoms with E-state index in [0.717, 1.165) is 58.6 Å². The van der Waals surface area contributed by atoms with Gasteiger partial charge in [0.05, 0.1) is 6.54 Å². The highest BCUT2D eigenvalue weighted by atomic mass is 16.7. The molecule has 1 aliphatic rings. The topological polar surface area (TPSA) is 89.8 Å². The van der Waals surface area contributed by atoms with Gasteiger partial charge in [-0.25, -0.2) is 19.6 Å². The van der Waals surface area contributed by atoms with Gasteiger partial charge < -0.3 is 18.9 Å². The Morgan fingerprint density at radius 1 is 0.826 bits per heavy atom. The Labute approximate surface area is 269 Å². The molecule has 3 heterocycles. The average Bonchev–Trinajstić information content (AvgIpc) is 3.39. The Bertz CT molecular complexity index is 1840. The Kier molecular flexibility index (Phi) is 8.74. The summed E-state index contributed by atoms with van der Waals surface area (Å²) in [5.41, 5.74) is 4.79. The molecule has 0 unspecified atom stereocenters. The second-order valence-electron chi connectivity index (χ2n) is 12.4. The number of imidazole rings is 1. The van der Waals surface area contributed by atoms with Gasteiger partial charge in [0.25, 0.3) is 0 Å². The molecule has 0 radical (unpaired) electrons. The number of carbonyl (C=O) groups excluding carboxylic acids is 2. The quantitative estimate of drug-likeness (QED) is 0.130. The van der Waals surface area contributed by atoms with Crippen molar-refractivity contribution >= 4 is 29.2 Å². The number of benzene rings is 3. The van der Waals surface area contributed by atoms with Crippen molar-refractivity contribution < 1.29 is 19.1 Å². The van der Waals surface area contributed by atoms with Gasteiger partial charge in [-0.15, -0.1) is 0 Å². The van der Waals surface area contributed by atoms with Gasteiger partial charge in [-0.05, 0) is 62.1 Å². The van der Waals surface area contributed by atoms with E-state index in [-0.39, 0.29) is 6.03 Å². The second kappa shape index (κ2) is 13.0. The van der Waals surface area contributed by atoms with E-state index in [1.807, 2.05) is 77.7 Å². The van der Waals surface area contributed by atoms with Crippen LogP contribution in [0.15, 0.2) is 91.0 Å². The number of amides is 2. The van der Waals surface area contributed by atoms with Gasteiger partial charge in [0.2, 0.25) is 0 Å². The molecule has 0 bridgehead atoms. The van der Waals surface area contributed by atoms with E-state index in [0.29, 0.717) is 31.2 Å². The highest BCUT2D eigenvalue weighted by molar-refractivity contribution is 5.92. The van der Waals surface area contributed by atoms with Crippen LogP contribution >= 0.6 is 0 Å². The van der Waals surface area contributed by atoms with Crippen molar-refractivity contribution in [2.45, 2.75) is 59.2 Å². The molecular formula is C37H39N5O4. The number of hydrogen-bond acceptors (Lipinski definition) is 6. The number of urea groups is 1. The maximum absolute atomic E-state index is 13.6. The molecule has 0 spiro atoms. The zero-order valence-corrected chi connectivity index (χ0v) is 26.8. The molecular weight excluding hydrogens is 578 g/mol. The summed E-state index contributed by atoms with van der Waals surface area (Å²) in [5.74, 6) is 2.00. The highest BCUT2D eigenvalue weighted by Gasteiger charge is 2.28. The molecule has 1 aliphatic heterocycles. The third-order valence-corrected chi connectivity index (χ3v) is 7.85. The molecule has 3 aromatic carbocycles. The Hall–Kier alpha value is -5.18. The minimum atomic E-state index is -0.738. The summed E-state index contributed by atoms with van der Waals surface area (Å²) in [5, 5.41) is 0. The van der Waals surface area contributed by atoms with Gasteiger partial charge in [-0.3, -0.25) is 4.90 Å². The summed E-state index contributed by atoms with van der Waals surface area (Å²) >= 11 is 0. The first-order chi connectivity index (χ1) is 22.2.